The van der Waals surface area contributed by atoms with Gasteiger partial charge < -0.3 is 9.80 Å². The molecule has 0 aromatic carbocycles. The highest BCUT2D eigenvalue weighted by Crippen LogP contribution is 2.40. The number of thioether (sulfide) groups is 1. The summed E-state index contributed by atoms with van der Waals surface area (Å²) in [6, 6.07) is 3.66. The maximum absolute atomic E-state index is 12.9. The third-order valence-electron chi connectivity index (χ3n) is 5.79. The quantitative estimate of drug-likeness (QED) is 0.704. The summed E-state index contributed by atoms with van der Waals surface area (Å²) in [7, 11) is 0. The molecule has 0 N–H and O–H groups in total. The van der Waals surface area contributed by atoms with E-state index in [0.29, 0.717) is 5.56 Å². The Morgan fingerprint density at radius 1 is 1.18 bits per heavy atom. The molecule has 0 bridgehead atoms. The minimum Gasteiger partial charge on any atom is -0.341 e. The smallest absolute Gasteiger partial charge is 0.256 e. The van der Waals surface area contributed by atoms with Gasteiger partial charge in [-0.15, -0.1) is 16.9 Å². The van der Waals surface area contributed by atoms with Crippen molar-refractivity contribution < 1.29 is 9.59 Å². The molecule has 2 aromatic heterocycles. The normalized spacial score (nSPS) is 18.6. The van der Waals surface area contributed by atoms with E-state index in [0.717, 1.165) is 50.5 Å². The fourth-order valence-corrected chi connectivity index (χ4v) is 4.66. The van der Waals surface area contributed by atoms with Gasteiger partial charge in [0.2, 0.25) is 5.91 Å². The zero-order chi connectivity index (χ0) is 19.6. The molecule has 10 heteroatoms. The lowest BCUT2D eigenvalue weighted by atomic mass is 9.77. The van der Waals surface area contributed by atoms with E-state index in [4.69, 9.17) is 0 Å². The number of hydrogen-bond acceptors (Lipinski definition) is 7. The van der Waals surface area contributed by atoms with Gasteiger partial charge in [-0.25, -0.2) is 9.67 Å². The van der Waals surface area contributed by atoms with Crippen LogP contribution in [0.25, 0.3) is 0 Å². The number of nitrogens with zero attached hydrogens (tertiary/aromatic N) is 7. The molecular weight excluding hydrogens is 378 g/mol. The van der Waals surface area contributed by atoms with Gasteiger partial charge in [0.1, 0.15) is 17.9 Å². The zero-order valence-corrected chi connectivity index (χ0v) is 16.6. The van der Waals surface area contributed by atoms with E-state index < -0.39 is 0 Å². The minimum absolute atomic E-state index is 0.0441. The van der Waals surface area contributed by atoms with Crippen molar-refractivity contribution in [3.8, 4) is 0 Å². The van der Waals surface area contributed by atoms with Crippen molar-refractivity contribution in [3.63, 3.8) is 0 Å². The molecule has 0 aliphatic carbocycles. The van der Waals surface area contributed by atoms with Gasteiger partial charge in [-0.2, -0.15) is 0 Å². The first-order chi connectivity index (χ1) is 13.6. The average molecular weight is 401 g/mol. The second-order valence-corrected chi connectivity index (χ2v) is 8.22. The van der Waals surface area contributed by atoms with Gasteiger partial charge in [-0.05, 0) is 53.5 Å². The van der Waals surface area contributed by atoms with Gasteiger partial charge in [0.15, 0.2) is 0 Å². The van der Waals surface area contributed by atoms with Crippen LogP contribution in [0.2, 0.25) is 0 Å². The van der Waals surface area contributed by atoms with E-state index in [9.17, 15) is 9.59 Å². The van der Waals surface area contributed by atoms with E-state index in [2.05, 4.69) is 20.5 Å². The zero-order valence-electron chi connectivity index (χ0n) is 15.8. The SMILES string of the molecule is CSc1ncccc1C(=O)N1CCC2(CCN(C(=O)Cn3cnnn3)C2)CC1. The van der Waals surface area contributed by atoms with Gasteiger partial charge in [-0.3, -0.25) is 9.59 Å². The first kappa shape index (κ1) is 18.9. The summed E-state index contributed by atoms with van der Waals surface area (Å²) < 4.78 is 1.45. The maximum atomic E-state index is 12.9. The van der Waals surface area contributed by atoms with Gasteiger partial charge in [0.25, 0.3) is 5.91 Å². The summed E-state index contributed by atoms with van der Waals surface area (Å²) in [5, 5.41) is 11.7. The number of likely N-dealkylation sites (tertiary alicyclic amines) is 2. The van der Waals surface area contributed by atoms with Crippen molar-refractivity contribution >= 4 is 23.6 Å². The molecule has 2 aliphatic heterocycles. The molecule has 1 spiro atoms. The average Bonchev–Trinajstić information content (AvgIpc) is 3.38. The van der Waals surface area contributed by atoms with E-state index in [1.807, 2.05) is 28.2 Å². The summed E-state index contributed by atoms with van der Waals surface area (Å²) in [4.78, 5) is 33.6. The van der Waals surface area contributed by atoms with Crippen LogP contribution in [0.1, 0.15) is 29.6 Å². The molecule has 0 unspecified atom stereocenters. The van der Waals surface area contributed by atoms with Gasteiger partial charge in [0, 0.05) is 32.4 Å². The van der Waals surface area contributed by atoms with Crippen molar-refractivity contribution in [1.82, 2.24) is 35.0 Å². The van der Waals surface area contributed by atoms with Crippen LogP contribution in [0.5, 0.6) is 0 Å². The number of amides is 2. The van der Waals surface area contributed by atoms with Crippen molar-refractivity contribution in [2.45, 2.75) is 30.8 Å². The van der Waals surface area contributed by atoms with Gasteiger partial charge in [-0.1, -0.05) is 0 Å². The number of carbonyl (C=O) groups is 2. The third-order valence-corrected chi connectivity index (χ3v) is 6.50. The standard InChI is InChI=1S/C18H23N7O2S/c1-28-16-14(3-2-7-19-16)17(27)23-8-4-18(5-9-23)6-10-24(12-18)15(26)11-25-13-20-21-22-25/h2-3,7,13H,4-6,8-12H2,1H3. The van der Waals surface area contributed by atoms with Crippen molar-refractivity contribution in [2.24, 2.45) is 5.41 Å². The second-order valence-electron chi connectivity index (χ2n) is 7.43. The van der Waals surface area contributed by atoms with E-state index >= 15 is 0 Å². The lowest BCUT2D eigenvalue weighted by Crippen LogP contribution is -2.45. The topological polar surface area (TPSA) is 97.1 Å². The summed E-state index contributed by atoms with van der Waals surface area (Å²) >= 11 is 1.49. The van der Waals surface area contributed by atoms with Crippen LogP contribution in [0.3, 0.4) is 0 Å². The van der Waals surface area contributed by atoms with Crippen LogP contribution in [-0.4, -0.2) is 79.2 Å². The molecule has 28 heavy (non-hydrogen) atoms. The van der Waals surface area contributed by atoms with Crippen LogP contribution in [-0.2, 0) is 11.3 Å². The van der Waals surface area contributed by atoms with Crippen LogP contribution >= 0.6 is 11.8 Å². The largest absolute Gasteiger partial charge is 0.341 e. The molecule has 4 heterocycles. The van der Waals surface area contributed by atoms with Crippen molar-refractivity contribution in [3.05, 3.63) is 30.2 Å². The fraction of sp³-hybridized carbons (Fsp3) is 0.556. The predicted octanol–water partition coefficient (Wildman–Crippen LogP) is 0.945. The lowest BCUT2D eigenvalue weighted by Gasteiger charge is -2.39. The molecular formula is C18H23N7O2S. The Hall–Kier alpha value is -2.49. The molecule has 2 fully saturated rings. The first-order valence-electron chi connectivity index (χ1n) is 9.37. The Balaban J connectivity index is 1.35. The number of piperidine rings is 1. The Morgan fingerprint density at radius 2 is 1.93 bits per heavy atom. The highest BCUT2D eigenvalue weighted by Gasteiger charge is 2.42. The minimum atomic E-state index is 0.0441. The summed E-state index contributed by atoms with van der Waals surface area (Å²) in [5.74, 6) is 0.0968. The predicted molar refractivity (Wildman–Crippen MR) is 103 cm³/mol. The summed E-state index contributed by atoms with van der Waals surface area (Å²) in [6.07, 6.45) is 7.93. The fourth-order valence-electron chi connectivity index (χ4n) is 4.12. The number of rotatable bonds is 4. The van der Waals surface area contributed by atoms with E-state index in [1.165, 1.54) is 22.8 Å². The van der Waals surface area contributed by atoms with Gasteiger partial charge in [0.05, 0.1) is 5.56 Å². The van der Waals surface area contributed by atoms with Crippen LogP contribution in [0, 0.1) is 5.41 Å². The Kier molecular flexibility index (Phi) is 5.29. The molecule has 2 aliphatic rings. The highest BCUT2D eigenvalue weighted by molar-refractivity contribution is 7.98. The van der Waals surface area contributed by atoms with Crippen LogP contribution in [0.4, 0.5) is 0 Å². The number of hydrogen-bond donors (Lipinski definition) is 0. The molecule has 148 valence electrons. The third kappa shape index (κ3) is 3.73. The van der Waals surface area contributed by atoms with E-state index in [1.54, 1.807) is 6.20 Å². The van der Waals surface area contributed by atoms with Crippen LogP contribution in [0.15, 0.2) is 29.7 Å². The lowest BCUT2D eigenvalue weighted by molar-refractivity contribution is -0.131. The highest BCUT2D eigenvalue weighted by atomic mass is 32.2. The maximum Gasteiger partial charge on any atom is 0.256 e. The number of pyridine rings is 1. The van der Waals surface area contributed by atoms with Crippen LogP contribution < -0.4 is 0 Å². The first-order valence-corrected chi connectivity index (χ1v) is 10.6. The van der Waals surface area contributed by atoms with E-state index in [-0.39, 0.29) is 23.8 Å². The molecule has 9 nitrogen and oxygen atoms in total. The van der Waals surface area contributed by atoms with Crippen molar-refractivity contribution in [1.29, 1.82) is 0 Å². The second kappa shape index (κ2) is 7.86. The molecule has 0 atom stereocenters. The Labute approximate surface area is 167 Å². The molecule has 0 saturated carbocycles. The summed E-state index contributed by atoms with van der Waals surface area (Å²) in [5.41, 5.74) is 0.792. The molecule has 0 radical (unpaired) electrons. The summed E-state index contributed by atoms with van der Waals surface area (Å²) in [6.45, 7) is 3.12. The number of carbonyl (C=O) groups excluding carboxylic acids is 2. The van der Waals surface area contributed by atoms with Gasteiger partial charge >= 0.3 is 0 Å². The molecule has 4 rings (SSSR count). The number of aromatic nitrogens is 5. The number of tetrazole rings is 1. The Bertz CT molecular complexity index is 849. The van der Waals surface area contributed by atoms with Crippen molar-refractivity contribution in [2.75, 3.05) is 32.4 Å². The molecule has 2 aromatic rings. The molecule has 2 saturated heterocycles. The monoisotopic (exact) mass is 401 g/mol. The Morgan fingerprint density at radius 3 is 2.61 bits per heavy atom. The molecule has 2 amide bonds.